The number of nitrogens with one attached hydrogen (secondary N) is 2. The summed E-state index contributed by atoms with van der Waals surface area (Å²) in [6, 6.07) is 4.87. The number of ether oxygens (including phenoxy) is 1. The molecule has 0 fully saturated rings. The van der Waals surface area contributed by atoms with Crippen LogP contribution in [0.15, 0.2) is 18.2 Å². The quantitative estimate of drug-likeness (QED) is 0.795. The predicted octanol–water partition coefficient (Wildman–Crippen LogP) is 1.72. The summed E-state index contributed by atoms with van der Waals surface area (Å²) in [7, 11) is 1.35. The summed E-state index contributed by atoms with van der Waals surface area (Å²) >= 11 is 0. The van der Waals surface area contributed by atoms with Crippen LogP contribution in [0.2, 0.25) is 0 Å². The third-order valence-corrected chi connectivity index (χ3v) is 2.76. The normalized spacial score (nSPS) is 11.6. The van der Waals surface area contributed by atoms with Crippen molar-refractivity contribution in [2.75, 3.05) is 19.0 Å². The van der Waals surface area contributed by atoms with Crippen molar-refractivity contribution < 1.29 is 14.3 Å². The van der Waals surface area contributed by atoms with E-state index in [4.69, 9.17) is 0 Å². The molecule has 1 rings (SSSR count). The van der Waals surface area contributed by atoms with Gasteiger partial charge in [-0.1, -0.05) is 6.07 Å². The van der Waals surface area contributed by atoms with Crippen molar-refractivity contribution in [3.05, 3.63) is 29.3 Å². The molecule has 2 N–H and O–H groups in total. The van der Waals surface area contributed by atoms with E-state index in [1.54, 1.807) is 19.1 Å². The Morgan fingerprint density at radius 2 is 2.05 bits per heavy atom. The van der Waals surface area contributed by atoms with E-state index in [-0.39, 0.29) is 11.9 Å². The third-order valence-electron chi connectivity index (χ3n) is 2.76. The number of carbonyl (C=O) groups is 2. The van der Waals surface area contributed by atoms with Crippen molar-refractivity contribution in [3.8, 4) is 0 Å². The summed E-state index contributed by atoms with van der Waals surface area (Å²) in [5.41, 5.74) is 2.28. The molecule has 1 atom stereocenters. The van der Waals surface area contributed by atoms with Crippen molar-refractivity contribution in [2.45, 2.75) is 26.8 Å². The number of benzene rings is 1. The van der Waals surface area contributed by atoms with Crippen LogP contribution in [0.1, 0.15) is 29.8 Å². The van der Waals surface area contributed by atoms with Gasteiger partial charge in [-0.15, -0.1) is 0 Å². The second-order valence-corrected chi connectivity index (χ2v) is 4.28. The molecule has 0 aliphatic carbocycles. The van der Waals surface area contributed by atoms with Crippen LogP contribution in [0.5, 0.6) is 0 Å². The number of esters is 1. The van der Waals surface area contributed by atoms with Crippen LogP contribution in [0.4, 0.5) is 5.69 Å². The highest BCUT2D eigenvalue weighted by Gasteiger charge is 2.14. The predicted molar refractivity (Wildman–Crippen MR) is 74.3 cm³/mol. The summed E-state index contributed by atoms with van der Waals surface area (Å²) < 4.78 is 4.66. The minimum absolute atomic E-state index is 0.128. The van der Waals surface area contributed by atoms with Gasteiger partial charge in [0, 0.05) is 17.8 Å². The molecular weight excluding hydrogens is 244 g/mol. The zero-order valence-electron chi connectivity index (χ0n) is 11.7. The van der Waals surface area contributed by atoms with E-state index in [0.717, 1.165) is 11.3 Å². The highest BCUT2D eigenvalue weighted by atomic mass is 16.5. The summed E-state index contributed by atoms with van der Waals surface area (Å²) in [5, 5.41) is 5.78. The maximum atomic E-state index is 11.8. The van der Waals surface area contributed by atoms with E-state index in [2.05, 4.69) is 15.4 Å². The molecule has 5 nitrogen and oxygen atoms in total. The molecular formula is C14H20N2O3. The fourth-order valence-electron chi connectivity index (χ4n) is 1.65. The lowest BCUT2D eigenvalue weighted by atomic mass is 10.1. The zero-order valence-corrected chi connectivity index (χ0v) is 11.7. The fraction of sp³-hybridized carbons (Fsp3) is 0.429. The molecule has 0 aromatic heterocycles. The molecule has 0 bridgehead atoms. The third kappa shape index (κ3) is 3.98. The Balaban J connectivity index is 2.91. The Kier molecular flexibility index (Phi) is 5.36. The van der Waals surface area contributed by atoms with Gasteiger partial charge in [0.25, 0.3) is 5.91 Å². The van der Waals surface area contributed by atoms with Gasteiger partial charge in [0.05, 0.1) is 7.11 Å². The SMILES string of the molecule is CCNC(=O)c1ccc(C)c(NC(C)C(=O)OC)c1. The average molecular weight is 264 g/mol. The summed E-state index contributed by atoms with van der Waals surface area (Å²) in [4.78, 5) is 23.1. The van der Waals surface area contributed by atoms with Crippen molar-refractivity contribution in [1.82, 2.24) is 5.32 Å². The van der Waals surface area contributed by atoms with Crippen molar-refractivity contribution in [2.24, 2.45) is 0 Å². The van der Waals surface area contributed by atoms with Crippen molar-refractivity contribution in [3.63, 3.8) is 0 Å². The van der Waals surface area contributed by atoms with Gasteiger partial charge >= 0.3 is 5.97 Å². The van der Waals surface area contributed by atoms with E-state index in [1.165, 1.54) is 7.11 Å². The lowest BCUT2D eigenvalue weighted by Gasteiger charge is -2.16. The lowest BCUT2D eigenvalue weighted by molar-refractivity contribution is -0.141. The van der Waals surface area contributed by atoms with Gasteiger partial charge in [0.1, 0.15) is 6.04 Å². The smallest absolute Gasteiger partial charge is 0.327 e. The number of hydrogen-bond donors (Lipinski definition) is 2. The molecule has 0 saturated heterocycles. The first-order valence-corrected chi connectivity index (χ1v) is 6.22. The molecule has 1 aromatic rings. The molecule has 0 spiro atoms. The standard InChI is InChI=1S/C14H20N2O3/c1-5-15-13(17)11-7-6-9(2)12(8-11)16-10(3)14(18)19-4/h6-8,10,16H,5H2,1-4H3,(H,15,17). The van der Waals surface area contributed by atoms with Crippen LogP contribution in [0, 0.1) is 6.92 Å². The van der Waals surface area contributed by atoms with Gasteiger partial charge in [-0.3, -0.25) is 4.79 Å². The molecule has 19 heavy (non-hydrogen) atoms. The van der Waals surface area contributed by atoms with Crippen LogP contribution in [0.3, 0.4) is 0 Å². The highest BCUT2D eigenvalue weighted by molar-refractivity contribution is 5.95. The van der Waals surface area contributed by atoms with Crippen LogP contribution < -0.4 is 10.6 Å². The second-order valence-electron chi connectivity index (χ2n) is 4.28. The number of amides is 1. The van der Waals surface area contributed by atoms with Gasteiger partial charge in [0.15, 0.2) is 0 Å². The van der Waals surface area contributed by atoms with Gasteiger partial charge in [-0.25, -0.2) is 4.79 Å². The first kappa shape index (κ1) is 15.0. The molecule has 5 heteroatoms. The Morgan fingerprint density at radius 1 is 1.37 bits per heavy atom. The topological polar surface area (TPSA) is 67.4 Å². The minimum atomic E-state index is -0.465. The zero-order chi connectivity index (χ0) is 14.4. The molecule has 1 aromatic carbocycles. The molecule has 1 amide bonds. The number of aryl methyl sites for hydroxylation is 1. The van der Waals surface area contributed by atoms with Crippen molar-refractivity contribution >= 4 is 17.6 Å². The fourth-order valence-corrected chi connectivity index (χ4v) is 1.65. The molecule has 1 unspecified atom stereocenters. The first-order valence-electron chi connectivity index (χ1n) is 6.22. The molecule has 104 valence electrons. The summed E-state index contributed by atoms with van der Waals surface area (Å²) in [5.74, 6) is -0.473. The monoisotopic (exact) mass is 264 g/mol. The Labute approximate surface area is 113 Å². The lowest BCUT2D eigenvalue weighted by Crippen LogP contribution is -2.28. The Hall–Kier alpha value is -2.04. The number of methoxy groups -OCH3 is 1. The van der Waals surface area contributed by atoms with E-state index in [1.807, 2.05) is 19.9 Å². The van der Waals surface area contributed by atoms with E-state index < -0.39 is 6.04 Å². The summed E-state index contributed by atoms with van der Waals surface area (Å²) in [6.07, 6.45) is 0. The minimum Gasteiger partial charge on any atom is -0.467 e. The van der Waals surface area contributed by atoms with Gasteiger partial charge in [0.2, 0.25) is 0 Å². The second kappa shape index (κ2) is 6.78. The van der Waals surface area contributed by atoms with Crippen molar-refractivity contribution in [1.29, 1.82) is 0 Å². The maximum Gasteiger partial charge on any atom is 0.327 e. The number of carbonyl (C=O) groups excluding carboxylic acids is 2. The van der Waals surface area contributed by atoms with Gasteiger partial charge in [-0.05, 0) is 38.5 Å². The average Bonchev–Trinajstić information content (AvgIpc) is 2.40. The van der Waals surface area contributed by atoms with Crippen LogP contribution in [-0.2, 0) is 9.53 Å². The molecule has 0 heterocycles. The van der Waals surface area contributed by atoms with E-state index >= 15 is 0 Å². The van der Waals surface area contributed by atoms with Crippen LogP contribution in [-0.4, -0.2) is 31.6 Å². The highest BCUT2D eigenvalue weighted by Crippen LogP contribution is 2.18. The number of rotatable bonds is 5. The Bertz CT molecular complexity index is 472. The maximum absolute atomic E-state index is 11.8. The van der Waals surface area contributed by atoms with Crippen LogP contribution in [0.25, 0.3) is 0 Å². The molecule has 0 aliphatic heterocycles. The Morgan fingerprint density at radius 3 is 2.63 bits per heavy atom. The van der Waals surface area contributed by atoms with E-state index in [9.17, 15) is 9.59 Å². The largest absolute Gasteiger partial charge is 0.467 e. The summed E-state index contributed by atoms with van der Waals surface area (Å²) in [6.45, 7) is 6.07. The molecule has 0 aliphatic rings. The molecule has 0 radical (unpaired) electrons. The van der Waals surface area contributed by atoms with E-state index in [0.29, 0.717) is 12.1 Å². The molecule has 0 saturated carbocycles. The van der Waals surface area contributed by atoms with Gasteiger partial charge < -0.3 is 15.4 Å². The first-order chi connectivity index (χ1) is 8.99. The van der Waals surface area contributed by atoms with Crippen LogP contribution >= 0.6 is 0 Å². The number of hydrogen-bond acceptors (Lipinski definition) is 4. The number of anilines is 1. The van der Waals surface area contributed by atoms with Gasteiger partial charge in [-0.2, -0.15) is 0 Å².